The number of rotatable bonds is 5. The van der Waals surface area contributed by atoms with Crippen molar-refractivity contribution in [1.29, 1.82) is 0 Å². The van der Waals surface area contributed by atoms with E-state index in [1.807, 2.05) is 6.92 Å². The SMILES string of the molecule is [C-]#[N+]c1c[nH]c2cc(F)c(-c3ccc(C(=O)N(C)[C@@H]4CC[C@H](NC(=O)CC)C4)cn3)cc12. The van der Waals surface area contributed by atoms with E-state index in [9.17, 15) is 14.0 Å². The molecule has 0 saturated heterocycles. The quantitative estimate of drug-likeness (QED) is 0.584. The zero-order valence-electron chi connectivity index (χ0n) is 18.0. The molecular formula is C24H24FN5O2. The van der Waals surface area contributed by atoms with Gasteiger partial charge in [-0.05, 0) is 37.5 Å². The van der Waals surface area contributed by atoms with Crippen molar-refractivity contribution >= 4 is 28.4 Å². The maximum absolute atomic E-state index is 14.6. The molecule has 1 aliphatic carbocycles. The number of nitrogens with zero attached hydrogens (tertiary/aromatic N) is 3. The van der Waals surface area contributed by atoms with Crippen LogP contribution >= 0.6 is 0 Å². The summed E-state index contributed by atoms with van der Waals surface area (Å²) in [6.07, 6.45) is 5.85. The number of halogens is 1. The molecule has 0 aliphatic heterocycles. The molecule has 0 radical (unpaired) electrons. The summed E-state index contributed by atoms with van der Waals surface area (Å²) in [5.74, 6) is -0.586. The first-order chi connectivity index (χ1) is 15.4. The molecule has 164 valence electrons. The Morgan fingerprint density at radius 3 is 2.84 bits per heavy atom. The highest BCUT2D eigenvalue weighted by Gasteiger charge is 2.31. The monoisotopic (exact) mass is 433 g/mol. The fourth-order valence-corrected chi connectivity index (χ4v) is 4.24. The Morgan fingerprint density at radius 1 is 1.34 bits per heavy atom. The Hall–Kier alpha value is -3.73. The molecule has 2 amide bonds. The van der Waals surface area contributed by atoms with Crippen molar-refractivity contribution in [1.82, 2.24) is 20.2 Å². The van der Waals surface area contributed by atoms with Gasteiger partial charge in [-0.2, -0.15) is 0 Å². The molecule has 2 aromatic heterocycles. The van der Waals surface area contributed by atoms with Gasteiger partial charge < -0.3 is 15.2 Å². The Balaban J connectivity index is 1.50. The number of benzene rings is 1. The minimum atomic E-state index is -0.453. The zero-order chi connectivity index (χ0) is 22.8. The summed E-state index contributed by atoms with van der Waals surface area (Å²) in [5, 5.41) is 3.63. The van der Waals surface area contributed by atoms with Crippen molar-refractivity contribution in [2.24, 2.45) is 0 Å². The van der Waals surface area contributed by atoms with E-state index in [1.54, 1.807) is 36.3 Å². The molecule has 2 atom stereocenters. The number of aromatic nitrogens is 2. The van der Waals surface area contributed by atoms with Gasteiger partial charge in [0.05, 0.1) is 17.8 Å². The number of nitrogens with one attached hydrogen (secondary N) is 2. The Labute approximate surface area is 185 Å². The minimum Gasteiger partial charge on any atom is -0.372 e. The third kappa shape index (κ3) is 4.06. The summed E-state index contributed by atoms with van der Waals surface area (Å²) in [4.78, 5) is 36.9. The van der Waals surface area contributed by atoms with E-state index in [0.29, 0.717) is 34.3 Å². The number of hydrogen-bond donors (Lipinski definition) is 2. The van der Waals surface area contributed by atoms with Crippen LogP contribution < -0.4 is 5.32 Å². The first kappa shape index (κ1) is 21.5. The van der Waals surface area contributed by atoms with Gasteiger partial charge in [0.25, 0.3) is 5.91 Å². The minimum absolute atomic E-state index is 0.0259. The van der Waals surface area contributed by atoms with Crippen LogP contribution in [0.2, 0.25) is 0 Å². The smallest absolute Gasteiger partial charge is 0.255 e. The van der Waals surface area contributed by atoms with Crippen molar-refractivity contribution in [3.63, 3.8) is 0 Å². The summed E-state index contributed by atoms with van der Waals surface area (Å²) >= 11 is 0. The Bertz CT molecular complexity index is 1210. The van der Waals surface area contributed by atoms with Gasteiger partial charge in [0, 0.05) is 54.4 Å². The summed E-state index contributed by atoms with van der Waals surface area (Å²) in [7, 11) is 1.76. The van der Waals surface area contributed by atoms with E-state index in [1.165, 1.54) is 12.3 Å². The molecule has 2 heterocycles. The highest BCUT2D eigenvalue weighted by Crippen LogP contribution is 2.32. The van der Waals surface area contributed by atoms with E-state index in [0.717, 1.165) is 19.3 Å². The maximum atomic E-state index is 14.6. The number of aromatic amines is 1. The van der Waals surface area contributed by atoms with Crippen molar-refractivity contribution in [3.05, 3.63) is 59.5 Å². The molecule has 3 aromatic rings. The average molecular weight is 433 g/mol. The molecule has 32 heavy (non-hydrogen) atoms. The van der Waals surface area contributed by atoms with Crippen LogP contribution in [0.1, 0.15) is 43.0 Å². The molecule has 2 N–H and O–H groups in total. The molecule has 1 saturated carbocycles. The number of fused-ring (bicyclic) bond motifs is 1. The maximum Gasteiger partial charge on any atom is 0.255 e. The van der Waals surface area contributed by atoms with Gasteiger partial charge in [-0.1, -0.05) is 13.0 Å². The molecule has 8 heteroatoms. The number of amides is 2. The molecular weight excluding hydrogens is 409 g/mol. The molecule has 1 aromatic carbocycles. The summed E-state index contributed by atoms with van der Waals surface area (Å²) in [5.41, 5.74) is 2.06. The van der Waals surface area contributed by atoms with Gasteiger partial charge in [-0.15, -0.1) is 0 Å². The summed E-state index contributed by atoms with van der Waals surface area (Å²) in [6, 6.07) is 6.35. The lowest BCUT2D eigenvalue weighted by Crippen LogP contribution is -2.38. The van der Waals surface area contributed by atoms with Crippen LogP contribution in [0.15, 0.2) is 36.7 Å². The van der Waals surface area contributed by atoms with E-state index < -0.39 is 5.82 Å². The van der Waals surface area contributed by atoms with Crippen LogP contribution in [0.3, 0.4) is 0 Å². The van der Waals surface area contributed by atoms with Crippen LogP contribution in [0, 0.1) is 12.4 Å². The van der Waals surface area contributed by atoms with E-state index in [4.69, 9.17) is 6.57 Å². The normalized spacial score (nSPS) is 17.8. The fourth-order valence-electron chi connectivity index (χ4n) is 4.24. The molecule has 1 aliphatic rings. The third-order valence-corrected chi connectivity index (χ3v) is 6.11. The highest BCUT2D eigenvalue weighted by molar-refractivity contribution is 5.96. The number of carbonyl (C=O) groups excluding carboxylic acids is 2. The van der Waals surface area contributed by atoms with Crippen molar-refractivity contribution in [2.45, 2.75) is 44.7 Å². The second-order valence-corrected chi connectivity index (χ2v) is 8.10. The van der Waals surface area contributed by atoms with Crippen molar-refractivity contribution < 1.29 is 14.0 Å². The molecule has 0 spiro atoms. The fraction of sp³-hybridized carbons (Fsp3) is 0.333. The van der Waals surface area contributed by atoms with Gasteiger partial charge in [0.1, 0.15) is 5.82 Å². The van der Waals surface area contributed by atoms with E-state index in [-0.39, 0.29) is 29.5 Å². The lowest BCUT2D eigenvalue weighted by atomic mass is 10.1. The molecule has 4 rings (SSSR count). The van der Waals surface area contributed by atoms with Crippen molar-refractivity contribution in [3.8, 4) is 11.3 Å². The van der Waals surface area contributed by atoms with E-state index >= 15 is 0 Å². The predicted molar refractivity (Wildman–Crippen MR) is 120 cm³/mol. The second-order valence-electron chi connectivity index (χ2n) is 8.10. The number of H-pyrrole nitrogens is 1. The highest BCUT2D eigenvalue weighted by atomic mass is 19.1. The topological polar surface area (TPSA) is 82.5 Å². The van der Waals surface area contributed by atoms with Crippen LogP contribution in [-0.4, -0.2) is 45.8 Å². The summed E-state index contributed by atoms with van der Waals surface area (Å²) in [6.45, 7) is 9.07. The molecule has 1 fully saturated rings. The third-order valence-electron chi connectivity index (χ3n) is 6.11. The van der Waals surface area contributed by atoms with Gasteiger partial charge in [-0.3, -0.25) is 14.6 Å². The standard InChI is InChI=1S/C24H24FN5O2/c1-4-23(31)29-15-6-7-16(9-15)30(3)24(32)14-5-8-20(27-12-14)17-10-18-21(11-19(17)25)28-13-22(18)26-2/h5,8,10-13,15-16,28H,4,6-7,9H2,1,3H3,(H,29,31)/t15-,16+/m0/s1. The van der Waals surface area contributed by atoms with Gasteiger partial charge >= 0.3 is 0 Å². The van der Waals surface area contributed by atoms with Crippen molar-refractivity contribution in [2.75, 3.05) is 7.05 Å². The lowest BCUT2D eigenvalue weighted by Gasteiger charge is -2.25. The van der Waals surface area contributed by atoms with Crippen LogP contribution in [0.25, 0.3) is 27.0 Å². The molecule has 7 nitrogen and oxygen atoms in total. The Morgan fingerprint density at radius 2 is 2.16 bits per heavy atom. The molecule has 0 bridgehead atoms. The number of pyridine rings is 1. The average Bonchev–Trinajstić information content (AvgIpc) is 3.44. The lowest BCUT2D eigenvalue weighted by molar-refractivity contribution is -0.121. The van der Waals surface area contributed by atoms with Gasteiger partial charge in [-0.25, -0.2) is 9.24 Å². The second kappa shape index (κ2) is 8.79. The first-order valence-electron chi connectivity index (χ1n) is 10.6. The van der Waals surface area contributed by atoms with E-state index in [2.05, 4.69) is 20.1 Å². The zero-order valence-corrected chi connectivity index (χ0v) is 18.0. The predicted octanol–water partition coefficient (Wildman–Crippen LogP) is 4.44. The molecule has 0 unspecified atom stereocenters. The van der Waals surface area contributed by atoms with Crippen LogP contribution in [0.5, 0.6) is 0 Å². The van der Waals surface area contributed by atoms with Gasteiger partial charge in [0.2, 0.25) is 11.6 Å². The van der Waals surface area contributed by atoms with Gasteiger partial charge in [0.15, 0.2) is 0 Å². The Kier molecular flexibility index (Phi) is 5.91. The first-order valence-corrected chi connectivity index (χ1v) is 10.6. The summed E-state index contributed by atoms with van der Waals surface area (Å²) < 4.78 is 14.6. The number of hydrogen-bond acceptors (Lipinski definition) is 3. The van der Waals surface area contributed by atoms with Crippen LogP contribution in [-0.2, 0) is 4.79 Å². The number of carbonyl (C=O) groups is 2. The largest absolute Gasteiger partial charge is 0.372 e. The van der Waals surface area contributed by atoms with Crippen LogP contribution in [0.4, 0.5) is 10.1 Å².